The second-order valence-electron chi connectivity index (χ2n) is 7.77. The molecule has 1 aromatic carbocycles. The third-order valence-electron chi connectivity index (χ3n) is 3.84. The number of aromatic nitrogens is 2. The molecule has 0 spiro atoms. The number of anilines is 1. The van der Waals surface area contributed by atoms with Crippen molar-refractivity contribution >= 4 is 11.8 Å². The maximum absolute atomic E-state index is 12.6. The highest BCUT2D eigenvalue weighted by atomic mass is 16.7. The lowest BCUT2D eigenvalue weighted by atomic mass is 10.0. The summed E-state index contributed by atoms with van der Waals surface area (Å²) in [5.41, 5.74) is 8.17. The summed E-state index contributed by atoms with van der Waals surface area (Å²) >= 11 is 0. The Morgan fingerprint density at radius 1 is 1.31 bits per heavy atom. The van der Waals surface area contributed by atoms with Crippen LogP contribution >= 0.6 is 0 Å². The van der Waals surface area contributed by atoms with Crippen molar-refractivity contribution in [1.29, 1.82) is 0 Å². The number of rotatable bonds is 3. The zero-order valence-electron chi connectivity index (χ0n) is 15.8. The molecule has 2 N–H and O–H groups in total. The fourth-order valence-corrected chi connectivity index (χ4v) is 2.76. The van der Waals surface area contributed by atoms with Crippen LogP contribution in [0, 0.1) is 5.92 Å². The number of nitrogen functional groups attached to an aromatic ring is 1. The Hall–Kier alpha value is -2.70. The number of nitrogens with zero attached hydrogens (tertiary/aromatic N) is 2. The van der Waals surface area contributed by atoms with E-state index in [0.717, 1.165) is 5.56 Å². The predicted octanol–water partition coefficient (Wildman–Crippen LogP) is 3.84. The van der Waals surface area contributed by atoms with Crippen molar-refractivity contribution < 1.29 is 19.0 Å². The highest BCUT2D eigenvalue weighted by Crippen LogP contribution is 2.38. The van der Waals surface area contributed by atoms with E-state index < -0.39 is 11.7 Å². The van der Waals surface area contributed by atoms with Crippen molar-refractivity contribution in [3.63, 3.8) is 0 Å². The van der Waals surface area contributed by atoms with Crippen molar-refractivity contribution in [2.45, 2.75) is 46.6 Å². The topological polar surface area (TPSA) is 88.6 Å². The Morgan fingerprint density at radius 3 is 2.65 bits per heavy atom. The first-order chi connectivity index (χ1) is 12.2. The van der Waals surface area contributed by atoms with Crippen molar-refractivity contribution in [2.24, 2.45) is 5.92 Å². The van der Waals surface area contributed by atoms with Crippen LogP contribution in [0.15, 0.2) is 18.2 Å². The number of nitrogens with two attached hydrogens (primary N) is 1. The van der Waals surface area contributed by atoms with Crippen LogP contribution in [0.3, 0.4) is 0 Å². The van der Waals surface area contributed by atoms with Crippen LogP contribution in [0.2, 0.25) is 0 Å². The van der Waals surface area contributed by atoms with Gasteiger partial charge in [-0.15, -0.1) is 0 Å². The van der Waals surface area contributed by atoms with Gasteiger partial charge in [0.25, 0.3) is 0 Å². The zero-order chi connectivity index (χ0) is 19.1. The Kier molecular flexibility index (Phi) is 4.56. The third kappa shape index (κ3) is 3.61. The van der Waals surface area contributed by atoms with E-state index in [2.05, 4.69) is 18.9 Å². The number of carbonyl (C=O) groups is 1. The van der Waals surface area contributed by atoms with Gasteiger partial charge in [-0.1, -0.05) is 13.8 Å². The predicted molar refractivity (Wildman–Crippen MR) is 98.4 cm³/mol. The van der Waals surface area contributed by atoms with Gasteiger partial charge in [0.15, 0.2) is 11.5 Å². The maximum atomic E-state index is 12.6. The lowest BCUT2D eigenvalue weighted by Gasteiger charge is -2.20. The summed E-state index contributed by atoms with van der Waals surface area (Å²) < 4.78 is 17.5. The van der Waals surface area contributed by atoms with Crippen molar-refractivity contribution in [2.75, 3.05) is 12.5 Å². The molecule has 2 aromatic rings. The number of hydrogen-bond donors (Lipinski definition) is 1. The number of fused-ring (bicyclic) bond motifs is 1. The molecule has 7 nitrogen and oxygen atoms in total. The summed E-state index contributed by atoms with van der Waals surface area (Å²) in [6, 6.07) is 5.48. The minimum Gasteiger partial charge on any atom is -0.454 e. The summed E-state index contributed by atoms with van der Waals surface area (Å²) in [6.07, 6.45) is 0.0784. The van der Waals surface area contributed by atoms with Gasteiger partial charge in [0.05, 0.1) is 11.4 Å². The molecule has 3 rings (SSSR count). The van der Waals surface area contributed by atoms with Crippen molar-refractivity contribution in [3.8, 4) is 22.8 Å². The molecule has 0 unspecified atom stereocenters. The van der Waals surface area contributed by atoms with Gasteiger partial charge in [-0.05, 0) is 51.3 Å². The van der Waals surface area contributed by atoms with Gasteiger partial charge < -0.3 is 19.9 Å². The molecule has 0 radical (unpaired) electrons. The summed E-state index contributed by atoms with van der Waals surface area (Å²) in [5, 5.41) is 4.46. The van der Waals surface area contributed by atoms with Gasteiger partial charge in [-0.2, -0.15) is 9.78 Å². The standard InChI is InChI=1S/C19H25N3O4/c1-11(2)8-13-16(20)17(21-22(13)18(23)26-19(3,4)5)12-6-7-14-15(9-12)25-10-24-14/h6-7,9,11H,8,10,20H2,1-5H3. The van der Waals surface area contributed by atoms with Gasteiger partial charge in [0, 0.05) is 5.56 Å². The largest absolute Gasteiger partial charge is 0.454 e. The molecule has 0 aliphatic carbocycles. The Balaban J connectivity index is 2.05. The van der Waals surface area contributed by atoms with Gasteiger partial charge >= 0.3 is 6.09 Å². The third-order valence-corrected chi connectivity index (χ3v) is 3.84. The van der Waals surface area contributed by atoms with Gasteiger partial charge in [-0.3, -0.25) is 0 Å². The van der Waals surface area contributed by atoms with E-state index in [9.17, 15) is 4.79 Å². The summed E-state index contributed by atoms with van der Waals surface area (Å²) in [7, 11) is 0. The van der Waals surface area contributed by atoms with Crippen LogP contribution in [0.5, 0.6) is 11.5 Å². The van der Waals surface area contributed by atoms with Gasteiger partial charge in [-0.25, -0.2) is 4.79 Å². The van der Waals surface area contributed by atoms with Crippen LogP contribution in [0.1, 0.15) is 40.3 Å². The molecule has 7 heteroatoms. The SMILES string of the molecule is CC(C)Cc1c(N)c(-c2ccc3c(c2)OCO3)nn1C(=O)OC(C)(C)C. The van der Waals surface area contributed by atoms with Crippen molar-refractivity contribution in [3.05, 3.63) is 23.9 Å². The number of ether oxygens (including phenoxy) is 3. The fourth-order valence-electron chi connectivity index (χ4n) is 2.76. The molecule has 0 saturated carbocycles. The molecule has 1 aliphatic heterocycles. The molecular formula is C19H25N3O4. The van der Waals surface area contributed by atoms with Gasteiger partial charge in [0.1, 0.15) is 11.3 Å². The molecule has 0 saturated heterocycles. The first-order valence-corrected chi connectivity index (χ1v) is 8.66. The molecule has 0 atom stereocenters. The number of carbonyl (C=O) groups excluding carboxylic acids is 1. The fraction of sp³-hybridized carbons (Fsp3) is 0.474. The smallest absolute Gasteiger partial charge is 0.435 e. The molecular weight excluding hydrogens is 334 g/mol. The van der Waals surface area contributed by atoms with E-state index in [1.54, 1.807) is 0 Å². The number of hydrogen-bond acceptors (Lipinski definition) is 6. The van der Waals surface area contributed by atoms with Crippen LogP contribution < -0.4 is 15.2 Å². The average molecular weight is 359 g/mol. The molecule has 0 amide bonds. The van der Waals surface area contributed by atoms with Crippen LogP contribution in [0.4, 0.5) is 10.5 Å². The summed E-state index contributed by atoms with van der Waals surface area (Å²) in [4.78, 5) is 12.6. The summed E-state index contributed by atoms with van der Waals surface area (Å²) in [5.74, 6) is 1.63. The van der Waals surface area contributed by atoms with Crippen LogP contribution in [0.25, 0.3) is 11.3 Å². The molecule has 1 aliphatic rings. The molecule has 0 fully saturated rings. The Labute approximate surface area is 153 Å². The van der Waals surface area contributed by atoms with Crippen molar-refractivity contribution in [1.82, 2.24) is 9.78 Å². The monoisotopic (exact) mass is 359 g/mol. The number of benzene rings is 1. The molecule has 140 valence electrons. The van der Waals surface area contributed by atoms with E-state index in [0.29, 0.717) is 40.9 Å². The van der Waals surface area contributed by atoms with E-state index in [4.69, 9.17) is 19.9 Å². The lowest BCUT2D eigenvalue weighted by Crippen LogP contribution is -2.29. The molecule has 26 heavy (non-hydrogen) atoms. The first-order valence-electron chi connectivity index (χ1n) is 8.66. The Morgan fingerprint density at radius 2 is 2.00 bits per heavy atom. The molecule has 1 aromatic heterocycles. The minimum absolute atomic E-state index is 0.194. The lowest BCUT2D eigenvalue weighted by molar-refractivity contribution is 0.0509. The summed E-state index contributed by atoms with van der Waals surface area (Å²) in [6.45, 7) is 9.77. The second kappa shape index (κ2) is 6.55. The highest BCUT2D eigenvalue weighted by molar-refractivity contribution is 5.81. The van der Waals surface area contributed by atoms with E-state index in [1.807, 2.05) is 39.0 Å². The average Bonchev–Trinajstić information content (AvgIpc) is 3.10. The quantitative estimate of drug-likeness (QED) is 0.895. The molecule has 2 heterocycles. The van der Waals surface area contributed by atoms with E-state index in [-0.39, 0.29) is 6.79 Å². The van der Waals surface area contributed by atoms with Crippen LogP contribution in [-0.4, -0.2) is 28.3 Å². The normalized spacial score (nSPS) is 13.3. The Bertz CT molecular complexity index is 834. The highest BCUT2D eigenvalue weighted by Gasteiger charge is 2.26. The van der Waals surface area contributed by atoms with E-state index in [1.165, 1.54) is 4.68 Å². The van der Waals surface area contributed by atoms with Gasteiger partial charge in [0.2, 0.25) is 6.79 Å². The first kappa shape index (κ1) is 18.1. The maximum Gasteiger partial charge on any atom is 0.435 e. The second-order valence-corrected chi connectivity index (χ2v) is 7.77. The zero-order valence-corrected chi connectivity index (χ0v) is 15.8. The molecule has 0 bridgehead atoms. The van der Waals surface area contributed by atoms with Crippen LogP contribution in [-0.2, 0) is 11.2 Å². The minimum atomic E-state index is -0.619. The van der Waals surface area contributed by atoms with E-state index >= 15 is 0 Å².